The first-order chi connectivity index (χ1) is 18.1. The van der Waals surface area contributed by atoms with Crippen molar-refractivity contribution in [2.75, 3.05) is 6.26 Å². The van der Waals surface area contributed by atoms with Gasteiger partial charge >= 0.3 is 0 Å². The number of fused-ring (bicyclic) bond motifs is 2. The molecule has 6 rings (SSSR count). The maximum atomic E-state index is 14.5. The number of aromatic amines is 1. The topological polar surface area (TPSA) is 123 Å². The molecule has 2 N–H and O–H groups in total. The first kappa shape index (κ1) is 23.9. The smallest absolute Gasteiger partial charge is 0.209 e. The number of aromatic nitrogens is 7. The summed E-state index contributed by atoms with van der Waals surface area (Å²) >= 11 is 0. The van der Waals surface area contributed by atoms with Gasteiger partial charge in [-0.3, -0.25) is 9.67 Å². The zero-order valence-corrected chi connectivity index (χ0v) is 21.6. The number of halogens is 1. The number of benzene rings is 1. The van der Waals surface area contributed by atoms with E-state index in [9.17, 15) is 12.8 Å². The highest BCUT2D eigenvalue weighted by Crippen LogP contribution is 2.34. The zero-order chi connectivity index (χ0) is 26.6. The van der Waals surface area contributed by atoms with Crippen LogP contribution in [-0.2, 0) is 30.7 Å². The van der Waals surface area contributed by atoms with Crippen LogP contribution in [0.5, 0.6) is 0 Å². The Balaban J connectivity index is 1.46. The van der Waals surface area contributed by atoms with Gasteiger partial charge in [-0.25, -0.2) is 27.2 Å². The van der Waals surface area contributed by atoms with Crippen LogP contribution in [0.15, 0.2) is 61.2 Å². The van der Waals surface area contributed by atoms with Crippen LogP contribution in [0.2, 0.25) is 0 Å². The average molecular weight is 531 g/mol. The van der Waals surface area contributed by atoms with Crippen LogP contribution in [0.3, 0.4) is 0 Å². The number of aryl methyl sites for hydroxylation is 2. The van der Waals surface area contributed by atoms with Crippen molar-refractivity contribution in [2.45, 2.75) is 6.54 Å². The second-order valence-corrected chi connectivity index (χ2v) is 11.0. The van der Waals surface area contributed by atoms with Crippen LogP contribution < -0.4 is 4.72 Å². The van der Waals surface area contributed by atoms with E-state index in [1.165, 1.54) is 12.1 Å². The molecule has 0 fully saturated rings. The molecule has 5 heterocycles. The molecule has 38 heavy (non-hydrogen) atoms. The Morgan fingerprint density at radius 3 is 2.58 bits per heavy atom. The van der Waals surface area contributed by atoms with Crippen molar-refractivity contribution >= 4 is 32.0 Å². The Labute approximate surface area is 217 Å². The summed E-state index contributed by atoms with van der Waals surface area (Å²) in [5.41, 5.74) is 6.50. The second kappa shape index (κ2) is 8.85. The summed E-state index contributed by atoms with van der Waals surface area (Å²) in [6.07, 6.45) is 8.23. The van der Waals surface area contributed by atoms with Gasteiger partial charge in [0, 0.05) is 72.2 Å². The molecular weight excluding hydrogens is 507 g/mol. The van der Waals surface area contributed by atoms with Crippen LogP contribution in [0.1, 0.15) is 5.56 Å². The van der Waals surface area contributed by atoms with Crippen molar-refractivity contribution in [3.63, 3.8) is 0 Å². The quantitative estimate of drug-likeness (QED) is 0.338. The SMILES string of the molecule is Cn1cc(-c2cnc3c(c2)c(-c2cc4c(-c5cc(F)cc(CNS(C)(=O)=O)c5)nccc4[nH]2)nn3C)cn1. The third-order valence-electron chi connectivity index (χ3n) is 6.29. The lowest BCUT2D eigenvalue weighted by molar-refractivity contribution is 0.586. The highest BCUT2D eigenvalue weighted by molar-refractivity contribution is 7.88. The molecule has 0 aliphatic heterocycles. The molecule has 12 heteroatoms. The lowest BCUT2D eigenvalue weighted by atomic mass is 10.0. The molecule has 6 aromatic rings. The van der Waals surface area contributed by atoms with Gasteiger partial charge in [-0.1, -0.05) is 0 Å². The monoisotopic (exact) mass is 530 g/mol. The Kier molecular flexibility index (Phi) is 5.58. The Morgan fingerprint density at radius 2 is 1.82 bits per heavy atom. The molecule has 0 unspecified atom stereocenters. The van der Waals surface area contributed by atoms with E-state index >= 15 is 0 Å². The van der Waals surface area contributed by atoms with E-state index in [-0.39, 0.29) is 6.54 Å². The molecule has 5 aromatic heterocycles. The fraction of sp³-hybridized carbons (Fsp3) is 0.154. The molecule has 0 saturated carbocycles. The maximum absolute atomic E-state index is 14.5. The lowest BCUT2D eigenvalue weighted by Crippen LogP contribution is -2.21. The Bertz CT molecular complexity index is 1960. The largest absolute Gasteiger partial charge is 0.353 e. The predicted molar refractivity (Wildman–Crippen MR) is 143 cm³/mol. The number of hydrogen-bond acceptors (Lipinski definition) is 6. The maximum Gasteiger partial charge on any atom is 0.209 e. The molecule has 0 atom stereocenters. The van der Waals surface area contributed by atoms with E-state index in [1.54, 1.807) is 34.0 Å². The minimum Gasteiger partial charge on any atom is -0.353 e. The molecular formula is C26H23FN8O2S. The van der Waals surface area contributed by atoms with E-state index < -0.39 is 15.8 Å². The van der Waals surface area contributed by atoms with Gasteiger partial charge in [-0.15, -0.1) is 0 Å². The average Bonchev–Trinajstić information content (AvgIpc) is 3.58. The predicted octanol–water partition coefficient (Wildman–Crippen LogP) is 3.77. The van der Waals surface area contributed by atoms with Crippen LogP contribution in [-0.4, -0.2) is 49.2 Å². The van der Waals surface area contributed by atoms with Crippen LogP contribution >= 0.6 is 0 Å². The van der Waals surface area contributed by atoms with Crippen molar-refractivity contribution in [3.05, 3.63) is 72.6 Å². The highest BCUT2D eigenvalue weighted by Gasteiger charge is 2.18. The van der Waals surface area contributed by atoms with Gasteiger partial charge in [0.25, 0.3) is 0 Å². The first-order valence-corrected chi connectivity index (χ1v) is 13.6. The Morgan fingerprint density at radius 1 is 0.974 bits per heavy atom. The van der Waals surface area contributed by atoms with Crippen LogP contribution in [0.4, 0.5) is 4.39 Å². The van der Waals surface area contributed by atoms with Gasteiger partial charge in [0.05, 0.1) is 23.8 Å². The summed E-state index contributed by atoms with van der Waals surface area (Å²) in [6, 6.07) is 10.2. The molecule has 10 nitrogen and oxygen atoms in total. The van der Waals surface area contributed by atoms with Gasteiger partial charge < -0.3 is 4.98 Å². The number of nitrogens with zero attached hydrogens (tertiary/aromatic N) is 6. The second-order valence-electron chi connectivity index (χ2n) is 9.22. The summed E-state index contributed by atoms with van der Waals surface area (Å²) in [4.78, 5) is 12.6. The molecule has 0 spiro atoms. The van der Waals surface area contributed by atoms with Crippen LogP contribution in [0, 0.1) is 5.82 Å². The minimum atomic E-state index is -3.42. The van der Waals surface area contributed by atoms with Crippen molar-refractivity contribution in [1.82, 2.24) is 39.2 Å². The lowest BCUT2D eigenvalue weighted by Gasteiger charge is -2.07. The molecule has 1 aromatic carbocycles. The molecule has 0 bridgehead atoms. The number of hydrogen-bond donors (Lipinski definition) is 2. The first-order valence-electron chi connectivity index (χ1n) is 11.7. The summed E-state index contributed by atoms with van der Waals surface area (Å²) in [6.45, 7) is -0.0237. The number of rotatable bonds is 6. The van der Waals surface area contributed by atoms with Gasteiger partial charge in [0.2, 0.25) is 10.0 Å². The molecule has 0 radical (unpaired) electrons. The number of nitrogens with one attached hydrogen (secondary N) is 2. The van der Waals surface area contributed by atoms with Crippen LogP contribution in [0.25, 0.3) is 55.7 Å². The third-order valence-corrected chi connectivity index (χ3v) is 6.96. The van der Waals surface area contributed by atoms with Crippen molar-refractivity contribution in [2.24, 2.45) is 14.1 Å². The van der Waals surface area contributed by atoms with Gasteiger partial charge in [0.1, 0.15) is 11.5 Å². The molecule has 192 valence electrons. The minimum absolute atomic E-state index is 0.0237. The summed E-state index contributed by atoms with van der Waals surface area (Å²) in [5, 5.41) is 10.6. The van der Waals surface area contributed by atoms with Crippen molar-refractivity contribution in [1.29, 1.82) is 0 Å². The number of sulfonamides is 1. The fourth-order valence-electron chi connectivity index (χ4n) is 4.58. The molecule has 0 amide bonds. The summed E-state index contributed by atoms with van der Waals surface area (Å²) in [5.74, 6) is -0.480. The molecule has 0 saturated heterocycles. The van der Waals surface area contributed by atoms with Gasteiger partial charge in [0.15, 0.2) is 5.65 Å². The molecule has 0 aliphatic carbocycles. The Hall–Kier alpha value is -4.42. The van der Waals surface area contributed by atoms with Crippen molar-refractivity contribution < 1.29 is 12.8 Å². The third kappa shape index (κ3) is 4.44. The van der Waals surface area contributed by atoms with Crippen molar-refractivity contribution in [3.8, 4) is 33.8 Å². The van der Waals surface area contributed by atoms with Gasteiger partial charge in [-0.2, -0.15) is 10.2 Å². The highest BCUT2D eigenvalue weighted by atomic mass is 32.2. The van der Waals surface area contributed by atoms with E-state index in [0.717, 1.165) is 50.7 Å². The zero-order valence-electron chi connectivity index (χ0n) is 20.8. The van der Waals surface area contributed by atoms with E-state index in [1.807, 2.05) is 38.5 Å². The molecule has 0 aliphatic rings. The van der Waals surface area contributed by atoms with E-state index in [4.69, 9.17) is 5.10 Å². The summed E-state index contributed by atoms with van der Waals surface area (Å²) in [7, 11) is 0.288. The number of pyridine rings is 2. The summed E-state index contributed by atoms with van der Waals surface area (Å²) < 4.78 is 43.4. The number of H-pyrrole nitrogens is 1. The van der Waals surface area contributed by atoms with E-state index in [0.29, 0.717) is 16.8 Å². The van der Waals surface area contributed by atoms with E-state index in [2.05, 4.69) is 24.8 Å². The standard InChI is InChI=1S/C26H23FN8O2S/c1-34-14-18(13-30-34)17-9-21-25(33-35(2)26(21)29-12-17)23-10-20-22(32-23)4-5-28-24(20)16-6-15(7-19(27)8-16)11-31-38(3,36)37/h4-10,12-14,31-32H,11H2,1-3H3. The normalized spacial score (nSPS) is 12.1. The fourth-order valence-corrected chi connectivity index (χ4v) is 5.01. The van der Waals surface area contributed by atoms with Gasteiger partial charge in [-0.05, 0) is 42.0 Å².